The number of hydrogen-bond acceptors (Lipinski definition) is 4. The lowest BCUT2D eigenvalue weighted by Crippen LogP contribution is -2.08. The van der Waals surface area contributed by atoms with Gasteiger partial charge in [0.25, 0.3) is 0 Å². The molecule has 0 aromatic carbocycles. The number of hydrogen-bond donors (Lipinski definition) is 1. The predicted molar refractivity (Wildman–Crippen MR) is 80.3 cm³/mol. The van der Waals surface area contributed by atoms with Crippen molar-refractivity contribution >= 4 is 5.82 Å². The molecule has 4 nitrogen and oxygen atoms in total. The van der Waals surface area contributed by atoms with Crippen LogP contribution in [0.5, 0.6) is 0 Å². The van der Waals surface area contributed by atoms with Gasteiger partial charge in [-0.25, -0.2) is 9.97 Å². The molecule has 4 heteroatoms. The van der Waals surface area contributed by atoms with Gasteiger partial charge in [0.1, 0.15) is 11.5 Å². The fraction of sp³-hybridized carbons (Fsp3) is 0.438. The summed E-state index contributed by atoms with van der Waals surface area (Å²) in [6.07, 6.45) is 8.33. The van der Waals surface area contributed by atoms with E-state index in [0.717, 1.165) is 36.2 Å². The lowest BCUT2D eigenvalue weighted by atomic mass is 10.1. The van der Waals surface area contributed by atoms with Crippen molar-refractivity contribution in [1.82, 2.24) is 15.0 Å². The second-order valence-electron chi connectivity index (χ2n) is 5.28. The van der Waals surface area contributed by atoms with Crippen molar-refractivity contribution in [2.24, 2.45) is 0 Å². The molecule has 20 heavy (non-hydrogen) atoms. The summed E-state index contributed by atoms with van der Waals surface area (Å²) in [7, 11) is 0. The van der Waals surface area contributed by atoms with Crippen molar-refractivity contribution in [2.75, 3.05) is 5.73 Å². The van der Waals surface area contributed by atoms with E-state index in [2.05, 4.69) is 23.0 Å². The third-order valence-electron chi connectivity index (χ3n) is 3.95. The Morgan fingerprint density at radius 3 is 2.85 bits per heavy atom. The zero-order valence-corrected chi connectivity index (χ0v) is 11.9. The fourth-order valence-corrected chi connectivity index (χ4v) is 2.83. The summed E-state index contributed by atoms with van der Waals surface area (Å²) in [6.45, 7) is 2.12. The van der Waals surface area contributed by atoms with Crippen molar-refractivity contribution in [3.63, 3.8) is 0 Å². The average molecular weight is 268 g/mol. The number of anilines is 1. The molecular weight excluding hydrogens is 248 g/mol. The summed E-state index contributed by atoms with van der Waals surface area (Å²) < 4.78 is 0. The Morgan fingerprint density at radius 1 is 1.15 bits per heavy atom. The molecule has 2 N–H and O–H groups in total. The highest BCUT2D eigenvalue weighted by atomic mass is 15.0. The minimum atomic E-state index is 0.639. The highest BCUT2D eigenvalue weighted by Crippen LogP contribution is 2.26. The maximum absolute atomic E-state index is 6.16. The first kappa shape index (κ1) is 13.0. The first-order chi connectivity index (χ1) is 9.79. The molecule has 0 bridgehead atoms. The minimum absolute atomic E-state index is 0.639. The summed E-state index contributed by atoms with van der Waals surface area (Å²) in [5, 5.41) is 0. The second-order valence-corrected chi connectivity index (χ2v) is 5.28. The van der Waals surface area contributed by atoms with Gasteiger partial charge in [-0.15, -0.1) is 0 Å². The van der Waals surface area contributed by atoms with Gasteiger partial charge < -0.3 is 5.73 Å². The van der Waals surface area contributed by atoms with Gasteiger partial charge in [0.2, 0.25) is 0 Å². The molecule has 0 spiro atoms. The highest BCUT2D eigenvalue weighted by Gasteiger charge is 2.17. The quantitative estimate of drug-likeness (QED) is 0.850. The number of aryl methyl sites for hydroxylation is 2. The van der Waals surface area contributed by atoms with E-state index in [9.17, 15) is 0 Å². The third-order valence-corrected chi connectivity index (χ3v) is 3.95. The molecule has 0 radical (unpaired) electrons. The fourth-order valence-electron chi connectivity index (χ4n) is 2.83. The average Bonchev–Trinajstić information content (AvgIpc) is 2.73. The molecule has 2 aromatic heterocycles. The molecule has 0 fully saturated rings. The lowest BCUT2D eigenvalue weighted by Gasteiger charge is -2.11. The molecule has 0 saturated carbocycles. The second kappa shape index (κ2) is 5.57. The van der Waals surface area contributed by atoms with E-state index in [4.69, 9.17) is 10.7 Å². The molecule has 0 unspecified atom stereocenters. The van der Waals surface area contributed by atoms with Crippen LogP contribution in [0.4, 0.5) is 5.82 Å². The van der Waals surface area contributed by atoms with Crippen molar-refractivity contribution < 1.29 is 0 Å². The van der Waals surface area contributed by atoms with Crippen LogP contribution in [0.3, 0.4) is 0 Å². The topological polar surface area (TPSA) is 64.7 Å². The van der Waals surface area contributed by atoms with E-state index in [1.165, 1.54) is 24.8 Å². The summed E-state index contributed by atoms with van der Waals surface area (Å²) in [6, 6.07) is 4.03. The molecule has 104 valence electrons. The molecular formula is C16H20N4. The largest absolute Gasteiger partial charge is 0.383 e. The van der Waals surface area contributed by atoms with E-state index in [1.807, 2.05) is 6.07 Å². The number of nitrogens with two attached hydrogens (primary N) is 1. The van der Waals surface area contributed by atoms with Crippen LogP contribution < -0.4 is 5.73 Å². The van der Waals surface area contributed by atoms with Gasteiger partial charge in [-0.1, -0.05) is 19.4 Å². The molecule has 2 heterocycles. The number of nitrogens with zero attached hydrogens (tertiary/aromatic N) is 3. The molecule has 1 aliphatic rings. The van der Waals surface area contributed by atoms with Gasteiger partial charge in [-0.3, -0.25) is 4.98 Å². The molecule has 0 aliphatic heterocycles. The smallest absolute Gasteiger partial charge is 0.180 e. The Labute approximate surface area is 119 Å². The first-order valence-corrected chi connectivity index (χ1v) is 7.39. The summed E-state index contributed by atoms with van der Waals surface area (Å²) >= 11 is 0. The molecule has 1 aliphatic carbocycles. The maximum Gasteiger partial charge on any atom is 0.180 e. The van der Waals surface area contributed by atoms with Crippen molar-refractivity contribution in [3.05, 3.63) is 35.2 Å². The van der Waals surface area contributed by atoms with E-state index in [-0.39, 0.29) is 0 Å². The van der Waals surface area contributed by atoms with Gasteiger partial charge in [0.05, 0.1) is 0 Å². The summed E-state index contributed by atoms with van der Waals surface area (Å²) in [5.41, 5.74) is 10.5. The molecule has 0 amide bonds. The van der Waals surface area contributed by atoms with E-state index >= 15 is 0 Å². The van der Waals surface area contributed by atoms with Crippen LogP contribution in [-0.4, -0.2) is 15.0 Å². The van der Waals surface area contributed by atoms with Gasteiger partial charge in [0, 0.05) is 17.5 Å². The van der Waals surface area contributed by atoms with Crippen LogP contribution in [0.25, 0.3) is 11.5 Å². The molecule has 3 rings (SSSR count). The summed E-state index contributed by atoms with van der Waals surface area (Å²) in [5.74, 6) is 1.32. The van der Waals surface area contributed by atoms with Crippen molar-refractivity contribution in [2.45, 2.75) is 45.4 Å². The van der Waals surface area contributed by atoms with Crippen LogP contribution in [-0.2, 0) is 19.3 Å². The van der Waals surface area contributed by atoms with Crippen molar-refractivity contribution in [1.29, 1.82) is 0 Å². The van der Waals surface area contributed by atoms with Crippen LogP contribution >= 0.6 is 0 Å². The van der Waals surface area contributed by atoms with Crippen molar-refractivity contribution in [3.8, 4) is 11.5 Å². The number of pyridine rings is 1. The predicted octanol–water partition coefficient (Wildman–Crippen LogP) is 2.95. The Bertz CT molecular complexity index is 622. The standard InChI is InChI=1S/C16H20N4/c1-2-11-7-6-10-18-14(11)16-19-13-9-5-3-4-8-12(13)15(17)20-16/h6-7,10H,2-5,8-9H2,1H3,(H2,17,19,20). The van der Waals surface area contributed by atoms with Crippen LogP contribution in [0.1, 0.15) is 43.0 Å². The number of fused-ring (bicyclic) bond motifs is 1. The highest BCUT2D eigenvalue weighted by molar-refractivity contribution is 5.58. The van der Waals surface area contributed by atoms with E-state index in [0.29, 0.717) is 11.6 Å². The first-order valence-electron chi connectivity index (χ1n) is 7.39. The van der Waals surface area contributed by atoms with E-state index < -0.39 is 0 Å². The Morgan fingerprint density at radius 2 is 2.00 bits per heavy atom. The molecule has 0 saturated heterocycles. The number of rotatable bonds is 2. The monoisotopic (exact) mass is 268 g/mol. The Balaban J connectivity index is 2.11. The van der Waals surface area contributed by atoms with Gasteiger partial charge in [-0.2, -0.15) is 0 Å². The molecule has 0 atom stereocenters. The van der Waals surface area contributed by atoms with Crippen LogP contribution in [0.15, 0.2) is 18.3 Å². The number of aromatic nitrogens is 3. The van der Waals surface area contributed by atoms with Gasteiger partial charge >= 0.3 is 0 Å². The molecule has 2 aromatic rings. The lowest BCUT2D eigenvalue weighted by molar-refractivity contribution is 0.709. The zero-order chi connectivity index (χ0) is 13.9. The van der Waals surface area contributed by atoms with E-state index in [1.54, 1.807) is 6.20 Å². The maximum atomic E-state index is 6.16. The number of nitrogen functional groups attached to an aromatic ring is 1. The van der Waals surface area contributed by atoms with Crippen LogP contribution in [0.2, 0.25) is 0 Å². The van der Waals surface area contributed by atoms with Gasteiger partial charge in [0.15, 0.2) is 5.82 Å². The Hall–Kier alpha value is -1.97. The Kier molecular flexibility index (Phi) is 3.63. The normalized spacial score (nSPS) is 14.7. The minimum Gasteiger partial charge on any atom is -0.383 e. The third kappa shape index (κ3) is 2.38. The van der Waals surface area contributed by atoms with Crippen LogP contribution in [0, 0.1) is 0 Å². The zero-order valence-electron chi connectivity index (χ0n) is 11.9. The SMILES string of the molecule is CCc1cccnc1-c1nc(N)c2c(n1)CCCCC2. The summed E-state index contributed by atoms with van der Waals surface area (Å²) in [4.78, 5) is 13.7. The van der Waals surface area contributed by atoms with Gasteiger partial charge in [-0.05, 0) is 43.7 Å².